The van der Waals surface area contributed by atoms with E-state index in [9.17, 15) is 19.2 Å². The number of carboxylic acids is 1. The second-order valence-corrected chi connectivity index (χ2v) is 6.47. The number of likely N-dealkylation sites (tertiary alicyclic amines) is 1. The maximum Gasteiger partial charge on any atom is 0.410 e. The molecule has 0 saturated carbocycles. The minimum absolute atomic E-state index is 0.0493. The molecule has 2 saturated heterocycles. The van der Waals surface area contributed by atoms with Gasteiger partial charge in [0.05, 0.1) is 5.41 Å². The Morgan fingerprint density at radius 1 is 1.33 bits per heavy atom. The van der Waals surface area contributed by atoms with Crippen molar-refractivity contribution in [3.8, 4) is 0 Å². The van der Waals surface area contributed by atoms with Crippen LogP contribution >= 0.6 is 0 Å². The van der Waals surface area contributed by atoms with Crippen LogP contribution in [0.3, 0.4) is 0 Å². The highest BCUT2D eigenvalue weighted by Gasteiger charge is 2.59. The van der Waals surface area contributed by atoms with Crippen LogP contribution < -0.4 is 5.32 Å². The van der Waals surface area contributed by atoms with E-state index in [4.69, 9.17) is 9.84 Å². The number of aliphatic carboxylic acids is 1. The first-order chi connectivity index (χ1) is 9.56. The van der Waals surface area contributed by atoms with E-state index in [0.29, 0.717) is 0 Å². The van der Waals surface area contributed by atoms with Crippen molar-refractivity contribution in [2.45, 2.75) is 26.4 Å². The van der Waals surface area contributed by atoms with Crippen molar-refractivity contribution in [2.24, 2.45) is 11.3 Å². The molecule has 0 aromatic rings. The minimum Gasteiger partial charge on any atom is -0.480 e. The van der Waals surface area contributed by atoms with E-state index >= 15 is 0 Å². The predicted octanol–water partition coefficient (Wildman–Crippen LogP) is -0.377. The molecule has 0 aliphatic carbocycles. The number of piperidine rings is 1. The van der Waals surface area contributed by atoms with Gasteiger partial charge in [0.25, 0.3) is 0 Å². The Labute approximate surface area is 121 Å². The Hall–Kier alpha value is -2.12. The summed E-state index contributed by atoms with van der Waals surface area (Å²) in [5.41, 5.74) is -1.65. The fraction of sp³-hybridized carbons (Fsp3) is 0.692. The van der Waals surface area contributed by atoms with Gasteiger partial charge in [0.15, 0.2) is 11.7 Å². The summed E-state index contributed by atoms with van der Waals surface area (Å²) in [6, 6.07) is 0. The molecule has 8 heteroatoms. The molecular weight excluding hydrogens is 280 g/mol. The normalized spacial score (nSPS) is 24.3. The topological polar surface area (TPSA) is 113 Å². The Morgan fingerprint density at radius 2 is 1.90 bits per heavy atom. The molecule has 2 N–H and O–H groups in total. The van der Waals surface area contributed by atoms with Crippen molar-refractivity contribution >= 4 is 23.8 Å². The number of amides is 2. The second kappa shape index (κ2) is 4.71. The zero-order chi connectivity index (χ0) is 16.0. The highest BCUT2D eigenvalue weighted by atomic mass is 16.6. The molecule has 1 unspecified atom stereocenters. The number of carbonyl (C=O) groups excluding carboxylic acids is 3. The number of rotatable bonds is 1. The Kier molecular flexibility index (Phi) is 3.43. The highest BCUT2D eigenvalue weighted by molar-refractivity contribution is 6.19. The lowest BCUT2D eigenvalue weighted by atomic mass is 9.69. The smallest absolute Gasteiger partial charge is 0.410 e. The van der Waals surface area contributed by atoms with Crippen molar-refractivity contribution in [1.82, 2.24) is 10.2 Å². The molecule has 0 bridgehead atoms. The summed E-state index contributed by atoms with van der Waals surface area (Å²) in [6.45, 7) is 5.36. The first-order valence-corrected chi connectivity index (χ1v) is 6.58. The number of carbonyl (C=O) groups is 4. The summed E-state index contributed by atoms with van der Waals surface area (Å²) in [5, 5.41) is 11.4. The van der Waals surface area contributed by atoms with Gasteiger partial charge in [-0.1, -0.05) is 0 Å². The van der Waals surface area contributed by atoms with Crippen LogP contribution in [-0.2, 0) is 19.1 Å². The van der Waals surface area contributed by atoms with Crippen molar-refractivity contribution in [2.75, 3.05) is 19.6 Å². The van der Waals surface area contributed by atoms with Gasteiger partial charge in [-0.05, 0) is 20.8 Å². The summed E-state index contributed by atoms with van der Waals surface area (Å²) in [4.78, 5) is 47.9. The largest absolute Gasteiger partial charge is 0.480 e. The lowest BCUT2D eigenvalue weighted by Crippen LogP contribution is -2.71. The molecule has 0 aromatic carbocycles. The lowest BCUT2D eigenvalue weighted by Gasteiger charge is -2.51. The van der Waals surface area contributed by atoms with Gasteiger partial charge in [0.1, 0.15) is 5.60 Å². The van der Waals surface area contributed by atoms with Crippen LogP contribution in [0.15, 0.2) is 0 Å². The van der Waals surface area contributed by atoms with Gasteiger partial charge < -0.3 is 20.1 Å². The van der Waals surface area contributed by atoms with E-state index in [-0.39, 0.29) is 19.6 Å². The number of nitrogens with zero attached hydrogens (tertiary/aromatic N) is 1. The monoisotopic (exact) mass is 298 g/mol. The van der Waals surface area contributed by atoms with Gasteiger partial charge in [-0.2, -0.15) is 0 Å². The fourth-order valence-corrected chi connectivity index (χ4v) is 2.50. The van der Waals surface area contributed by atoms with Crippen LogP contribution in [0.1, 0.15) is 20.8 Å². The molecule has 116 valence electrons. The minimum atomic E-state index is -1.69. The van der Waals surface area contributed by atoms with Crippen LogP contribution in [0.4, 0.5) is 4.79 Å². The molecule has 21 heavy (non-hydrogen) atoms. The number of hydrogen-bond acceptors (Lipinski definition) is 5. The SMILES string of the molecule is CC(C)(C)OC(=O)N1CC2(CNC(=O)C(C(=O)O)C2=O)C1. The first kappa shape index (κ1) is 15.3. The van der Waals surface area contributed by atoms with Crippen molar-refractivity contribution in [1.29, 1.82) is 0 Å². The number of hydrogen-bond donors (Lipinski definition) is 2. The Balaban J connectivity index is 2.04. The van der Waals surface area contributed by atoms with E-state index in [2.05, 4.69) is 5.32 Å². The average Bonchev–Trinajstić information content (AvgIpc) is 2.23. The third kappa shape index (κ3) is 2.70. The molecule has 2 aliphatic heterocycles. The third-order valence-corrected chi connectivity index (χ3v) is 3.53. The van der Waals surface area contributed by atoms with Gasteiger partial charge in [-0.25, -0.2) is 4.79 Å². The molecule has 2 fully saturated rings. The van der Waals surface area contributed by atoms with Gasteiger partial charge >= 0.3 is 12.1 Å². The molecule has 0 aromatic heterocycles. The highest BCUT2D eigenvalue weighted by Crippen LogP contribution is 2.36. The maximum atomic E-state index is 12.2. The van der Waals surface area contributed by atoms with E-state index in [0.717, 1.165) is 0 Å². The van der Waals surface area contributed by atoms with Crippen LogP contribution in [0.2, 0.25) is 0 Å². The van der Waals surface area contributed by atoms with Crippen LogP contribution in [0, 0.1) is 11.3 Å². The van der Waals surface area contributed by atoms with Crippen LogP contribution in [0.25, 0.3) is 0 Å². The zero-order valence-corrected chi connectivity index (χ0v) is 12.1. The number of Topliss-reactive ketones (excluding diaryl/α,β-unsaturated/α-hetero) is 1. The van der Waals surface area contributed by atoms with Crippen molar-refractivity contribution < 1.29 is 29.0 Å². The Morgan fingerprint density at radius 3 is 2.38 bits per heavy atom. The van der Waals surface area contributed by atoms with Crippen molar-refractivity contribution in [3.63, 3.8) is 0 Å². The van der Waals surface area contributed by atoms with E-state index in [1.165, 1.54) is 4.90 Å². The van der Waals surface area contributed by atoms with E-state index in [1.54, 1.807) is 20.8 Å². The fourth-order valence-electron chi connectivity index (χ4n) is 2.50. The summed E-state index contributed by atoms with van der Waals surface area (Å²) in [5.74, 6) is -4.60. The Bertz CT molecular complexity index is 515. The van der Waals surface area contributed by atoms with Gasteiger partial charge in [0, 0.05) is 19.6 Å². The molecule has 8 nitrogen and oxygen atoms in total. The number of ether oxygens (including phenoxy) is 1. The standard InChI is InChI=1S/C13H18N2O6/c1-12(2,3)21-11(20)15-5-13(6-15)4-14-9(17)7(8(13)16)10(18)19/h7H,4-6H2,1-3H3,(H,14,17)(H,18,19). The van der Waals surface area contributed by atoms with Crippen LogP contribution in [-0.4, -0.2) is 59.0 Å². The van der Waals surface area contributed by atoms with E-state index in [1.807, 2.05) is 0 Å². The quantitative estimate of drug-likeness (QED) is 0.638. The van der Waals surface area contributed by atoms with Gasteiger partial charge in [-0.15, -0.1) is 0 Å². The third-order valence-electron chi connectivity index (χ3n) is 3.53. The summed E-state index contributed by atoms with van der Waals surface area (Å²) >= 11 is 0. The van der Waals surface area contributed by atoms with Gasteiger partial charge in [0.2, 0.25) is 5.91 Å². The van der Waals surface area contributed by atoms with Gasteiger partial charge in [-0.3, -0.25) is 14.4 Å². The molecule has 2 heterocycles. The predicted molar refractivity (Wildman–Crippen MR) is 69.4 cm³/mol. The van der Waals surface area contributed by atoms with Crippen molar-refractivity contribution in [3.05, 3.63) is 0 Å². The molecule has 0 radical (unpaired) electrons. The molecule has 2 aliphatic rings. The molecule has 2 rings (SSSR count). The lowest BCUT2D eigenvalue weighted by molar-refractivity contribution is -0.162. The molecule has 2 amide bonds. The summed E-state index contributed by atoms with van der Waals surface area (Å²) in [6.07, 6.45) is -0.551. The van der Waals surface area contributed by atoms with Crippen LogP contribution in [0.5, 0.6) is 0 Å². The number of carboxylic acid groups (broad SMARTS) is 1. The zero-order valence-electron chi connectivity index (χ0n) is 12.1. The summed E-state index contributed by atoms with van der Waals surface area (Å²) in [7, 11) is 0. The first-order valence-electron chi connectivity index (χ1n) is 6.58. The molecule has 1 spiro atoms. The average molecular weight is 298 g/mol. The number of nitrogens with one attached hydrogen (secondary N) is 1. The second-order valence-electron chi connectivity index (χ2n) is 6.47. The molecule has 1 atom stereocenters. The van der Waals surface area contributed by atoms with E-state index < -0.39 is 40.7 Å². The molecular formula is C13H18N2O6. The summed E-state index contributed by atoms with van der Waals surface area (Å²) < 4.78 is 5.18. The maximum absolute atomic E-state index is 12.2. The number of ketones is 1.